The van der Waals surface area contributed by atoms with E-state index >= 15 is 0 Å². The van der Waals surface area contributed by atoms with Crippen molar-refractivity contribution < 1.29 is 0 Å². The van der Waals surface area contributed by atoms with Crippen molar-refractivity contribution in [3.05, 3.63) is 188 Å². The van der Waals surface area contributed by atoms with Gasteiger partial charge >= 0.3 is 0 Å². The van der Waals surface area contributed by atoms with Crippen LogP contribution in [-0.2, 0) is 0 Å². The maximum Gasteiger partial charge on any atom is 0.164 e. The van der Waals surface area contributed by atoms with E-state index in [0.717, 1.165) is 55.1 Å². The second kappa shape index (κ2) is 13.2. The van der Waals surface area contributed by atoms with Crippen LogP contribution in [0.2, 0.25) is 0 Å². The van der Waals surface area contributed by atoms with Gasteiger partial charge in [-0.25, -0.2) is 15.0 Å². The molecule has 8 aromatic carbocycles. The van der Waals surface area contributed by atoms with Gasteiger partial charge in [0.05, 0.1) is 11.6 Å². The van der Waals surface area contributed by atoms with Crippen molar-refractivity contribution in [1.82, 2.24) is 15.0 Å². The highest BCUT2D eigenvalue weighted by Crippen LogP contribution is 2.45. The molecule has 0 unspecified atom stereocenters. The summed E-state index contributed by atoms with van der Waals surface area (Å²) in [6.45, 7) is 0. The lowest BCUT2D eigenvalue weighted by molar-refractivity contribution is 1.07. The summed E-state index contributed by atoms with van der Waals surface area (Å²) in [5.74, 6) is 1.90. The van der Waals surface area contributed by atoms with E-state index in [0.29, 0.717) is 23.0 Å². The third-order valence-electron chi connectivity index (χ3n) is 9.57. The van der Waals surface area contributed by atoms with Crippen LogP contribution in [0.5, 0.6) is 0 Å². The molecule has 0 N–H and O–H groups in total. The van der Waals surface area contributed by atoms with Gasteiger partial charge < -0.3 is 0 Å². The average molecular weight is 663 g/mol. The van der Waals surface area contributed by atoms with Crippen LogP contribution in [0, 0.1) is 11.3 Å². The Balaban J connectivity index is 1.28. The van der Waals surface area contributed by atoms with Gasteiger partial charge in [-0.2, -0.15) is 5.26 Å². The Morgan fingerprint density at radius 2 is 0.692 bits per heavy atom. The van der Waals surface area contributed by atoms with Crippen molar-refractivity contribution in [2.45, 2.75) is 0 Å². The van der Waals surface area contributed by atoms with Crippen molar-refractivity contribution in [2.75, 3.05) is 0 Å². The van der Waals surface area contributed by atoms with Crippen LogP contribution in [0.4, 0.5) is 0 Å². The molecule has 0 bridgehead atoms. The predicted molar refractivity (Wildman–Crippen MR) is 212 cm³/mol. The van der Waals surface area contributed by atoms with E-state index in [1.165, 1.54) is 16.5 Å². The largest absolute Gasteiger partial charge is 0.208 e. The Labute approximate surface area is 302 Å². The van der Waals surface area contributed by atoms with Gasteiger partial charge in [-0.3, -0.25) is 0 Å². The second-order valence-electron chi connectivity index (χ2n) is 12.7. The van der Waals surface area contributed by atoms with Crippen molar-refractivity contribution in [3.63, 3.8) is 0 Å². The van der Waals surface area contributed by atoms with E-state index in [1.807, 2.05) is 84.9 Å². The van der Waals surface area contributed by atoms with Gasteiger partial charge in [-0.05, 0) is 73.1 Å². The van der Waals surface area contributed by atoms with Crippen LogP contribution in [0.3, 0.4) is 0 Å². The minimum absolute atomic E-state index is 0.624. The van der Waals surface area contributed by atoms with Gasteiger partial charge in [0.25, 0.3) is 0 Å². The van der Waals surface area contributed by atoms with Crippen molar-refractivity contribution in [2.24, 2.45) is 0 Å². The number of hydrogen-bond donors (Lipinski definition) is 0. The number of nitriles is 1. The third kappa shape index (κ3) is 5.67. The summed E-state index contributed by atoms with van der Waals surface area (Å²) in [7, 11) is 0. The Morgan fingerprint density at radius 1 is 0.308 bits per heavy atom. The fraction of sp³-hybridized carbons (Fsp3) is 0. The van der Waals surface area contributed by atoms with Crippen LogP contribution in [-0.4, -0.2) is 15.0 Å². The molecular weight excluding hydrogens is 633 g/mol. The molecule has 0 aliphatic heterocycles. The van der Waals surface area contributed by atoms with Crippen LogP contribution in [0.1, 0.15) is 5.56 Å². The maximum atomic E-state index is 9.28. The van der Waals surface area contributed by atoms with E-state index in [-0.39, 0.29) is 0 Å². The molecule has 9 aromatic rings. The summed E-state index contributed by atoms with van der Waals surface area (Å²) in [6, 6.07) is 64.8. The second-order valence-corrected chi connectivity index (χ2v) is 12.7. The molecule has 0 amide bonds. The normalized spacial score (nSPS) is 11.1. The minimum Gasteiger partial charge on any atom is -0.208 e. The molecular formula is C48H30N4. The molecule has 4 nitrogen and oxygen atoms in total. The standard InChI is InChI=1S/C48H30N4/c49-31-32-20-22-33(23-21-32)34-24-26-36(27-25-34)45-42-29-28-39(30-43(42)40-18-10-11-19-41(40)44(45)35-12-4-1-5-13-35)48-51-46(37-14-6-2-7-15-37)50-47(52-48)38-16-8-3-9-17-38/h1-30H. The molecule has 0 spiro atoms. The van der Waals surface area contributed by atoms with Crippen molar-refractivity contribution in [1.29, 1.82) is 5.26 Å². The lowest BCUT2D eigenvalue weighted by Gasteiger charge is -2.19. The first-order valence-electron chi connectivity index (χ1n) is 17.3. The van der Waals surface area contributed by atoms with E-state index in [1.54, 1.807) is 0 Å². The zero-order valence-corrected chi connectivity index (χ0v) is 28.1. The fourth-order valence-corrected chi connectivity index (χ4v) is 7.04. The van der Waals surface area contributed by atoms with Gasteiger partial charge in [0.2, 0.25) is 0 Å². The molecule has 52 heavy (non-hydrogen) atoms. The van der Waals surface area contributed by atoms with Gasteiger partial charge in [0.15, 0.2) is 17.5 Å². The first kappa shape index (κ1) is 30.8. The summed E-state index contributed by atoms with van der Waals surface area (Å²) in [5, 5.41) is 13.9. The molecule has 1 aromatic heterocycles. The number of rotatable bonds is 6. The van der Waals surface area contributed by atoms with Crippen molar-refractivity contribution >= 4 is 21.5 Å². The molecule has 4 heteroatoms. The minimum atomic E-state index is 0.624. The summed E-state index contributed by atoms with van der Waals surface area (Å²) in [4.78, 5) is 15.0. The monoisotopic (exact) mass is 662 g/mol. The molecule has 0 aliphatic carbocycles. The smallest absolute Gasteiger partial charge is 0.164 e. The first-order chi connectivity index (χ1) is 25.7. The van der Waals surface area contributed by atoms with Crippen LogP contribution < -0.4 is 0 Å². The quantitative estimate of drug-likeness (QED) is 0.166. The maximum absolute atomic E-state index is 9.28. The topological polar surface area (TPSA) is 62.5 Å². The summed E-state index contributed by atoms with van der Waals surface area (Å²) >= 11 is 0. The van der Waals surface area contributed by atoms with E-state index < -0.39 is 0 Å². The van der Waals surface area contributed by atoms with Crippen molar-refractivity contribution in [3.8, 4) is 73.6 Å². The molecule has 0 fully saturated rings. The molecule has 9 rings (SSSR count). The highest BCUT2D eigenvalue weighted by molar-refractivity contribution is 6.22. The number of aromatic nitrogens is 3. The Morgan fingerprint density at radius 3 is 1.23 bits per heavy atom. The summed E-state index contributed by atoms with van der Waals surface area (Å²) < 4.78 is 0. The number of hydrogen-bond acceptors (Lipinski definition) is 4. The van der Waals surface area contributed by atoms with Gasteiger partial charge in [-0.15, -0.1) is 0 Å². The summed E-state index contributed by atoms with van der Waals surface area (Å²) in [5.41, 5.74) is 10.3. The molecule has 0 saturated heterocycles. The lowest BCUT2D eigenvalue weighted by atomic mass is 9.84. The third-order valence-corrected chi connectivity index (χ3v) is 9.57. The summed E-state index contributed by atoms with van der Waals surface area (Å²) in [6.07, 6.45) is 0. The number of fused-ring (bicyclic) bond motifs is 3. The van der Waals surface area contributed by atoms with E-state index in [9.17, 15) is 5.26 Å². The zero-order chi connectivity index (χ0) is 34.9. The molecule has 242 valence electrons. The predicted octanol–water partition coefficient (Wildman–Crippen LogP) is 12.1. The average Bonchev–Trinajstić information content (AvgIpc) is 3.24. The lowest BCUT2D eigenvalue weighted by Crippen LogP contribution is -2.00. The van der Waals surface area contributed by atoms with E-state index in [2.05, 4.69) is 103 Å². The molecule has 0 radical (unpaired) electrons. The highest BCUT2D eigenvalue weighted by Gasteiger charge is 2.19. The number of benzene rings is 8. The molecule has 0 atom stereocenters. The fourth-order valence-electron chi connectivity index (χ4n) is 7.04. The van der Waals surface area contributed by atoms with Crippen LogP contribution in [0.25, 0.3) is 89.1 Å². The van der Waals surface area contributed by atoms with Gasteiger partial charge in [0, 0.05) is 16.7 Å². The SMILES string of the molecule is N#Cc1ccc(-c2ccc(-c3c(-c4ccccc4)c4ccccc4c4cc(-c5nc(-c6ccccc6)nc(-c6ccccc6)n5)ccc34)cc2)cc1. The van der Waals surface area contributed by atoms with Gasteiger partial charge in [0.1, 0.15) is 0 Å². The Bertz CT molecular complexity index is 2690. The van der Waals surface area contributed by atoms with Crippen LogP contribution in [0.15, 0.2) is 182 Å². The molecule has 0 saturated carbocycles. The Hall–Kier alpha value is -7.22. The van der Waals surface area contributed by atoms with E-state index in [4.69, 9.17) is 15.0 Å². The highest BCUT2D eigenvalue weighted by atomic mass is 15.0. The molecule has 0 aliphatic rings. The Kier molecular flexibility index (Phi) is 7.85. The first-order valence-corrected chi connectivity index (χ1v) is 17.3. The number of nitrogens with zero attached hydrogens (tertiary/aromatic N) is 4. The van der Waals surface area contributed by atoms with Crippen LogP contribution >= 0.6 is 0 Å². The van der Waals surface area contributed by atoms with Gasteiger partial charge in [-0.1, -0.05) is 164 Å². The zero-order valence-electron chi connectivity index (χ0n) is 28.1. The molecule has 1 heterocycles.